The molecule has 0 aromatic heterocycles. The van der Waals surface area contributed by atoms with Crippen LogP contribution in [0.4, 0.5) is 24.5 Å². The molecule has 0 bridgehead atoms. The van der Waals surface area contributed by atoms with Gasteiger partial charge in [-0.2, -0.15) is 13.2 Å². The summed E-state index contributed by atoms with van der Waals surface area (Å²) in [6, 6.07) is 15.0. The van der Waals surface area contributed by atoms with Crippen LogP contribution in [-0.4, -0.2) is 18.6 Å². The van der Waals surface area contributed by atoms with E-state index in [9.17, 15) is 22.8 Å². The van der Waals surface area contributed by atoms with Crippen molar-refractivity contribution in [2.75, 3.05) is 17.4 Å². The van der Waals surface area contributed by atoms with E-state index >= 15 is 0 Å². The second-order valence-corrected chi connectivity index (χ2v) is 6.60. The molecule has 1 aliphatic rings. The molecule has 2 N–H and O–H groups in total. The van der Waals surface area contributed by atoms with Crippen LogP contribution in [0.3, 0.4) is 0 Å². The fraction of sp³-hybridized carbons (Fsp3) is 0.0909. The van der Waals surface area contributed by atoms with E-state index < -0.39 is 23.6 Å². The summed E-state index contributed by atoms with van der Waals surface area (Å²) in [5, 5.41) is 5.28. The molecule has 0 radical (unpaired) electrons. The maximum atomic E-state index is 12.7. The highest BCUT2D eigenvalue weighted by Gasteiger charge is 2.30. The molecule has 0 saturated carbocycles. The molecule has 0 aliphatic carbocycles. The van der Waals surface area contributed by atoms with E-state index in [0.29, 0.717) is 17.2 Å². The van der Waals surface area contributed by atoms with Gasteiger partial charge in [0.2, 0.25) is 6.79 Å². The Hall–Kier alpha value is -4.01. The predicted octanol–water partition coefficient (Wildman–Crippen LogP) is 4.94. The summed E-state index contributed by atoms with van der Waals surface area (Å²) in [5.41, 5.74) is 0.0377. The molecule has 0 saturated heterocycles. The number of para-hydroxylation sites is 1. The number of benzene rings is 3. The van der Waals surface area contributed by atoms with Crippen molar-refractivity contribution in [2.24, 2.45) is 0 Å². The highest BCUT2D eigenvalue weighted by atomic mass is 19.4. The first kappa shape index (κ1) is 20.3. The zero-order valence-electron chi connectivity index (χ0n) is 15.8. The smallest absolute Gasteiger partial charge is 0.416 e. The minimum atomic E-state index is -4.49. The molecule has 1 aliphatic heterocycles. The molecule has 4 rings (SSSR count). The number of halogens is 3. The number of hydrogen-bond acceptors (Lipinski definition) is 4. The number of alkyl halides is 3. The Bertz CT molecular complexity index is 1140. The number of ether oxygens (including phenoxy) is 2. The van der Waals surface area contributed by atoms with E-state index in [1.54, 1.807) is 30.3 Å². The maximum absolute atomic E-state index is 12.7. The molecule has 1 heterocycles. The summed E-state index contributed by atoms with van der Waals surface area (Å²) < 4.78 is 48.6. The summed E-state index contributed by atoms with van der Waals surface area (Å²) >= 11 is 0. The number of amides is 2. The quantitative estimate of drug-likeness (QED) is 0.617. The third-order valence-corrected chi connectivity index (χ3v) is 4.52. The van der Waals surface area contributed by atoms with Gasteiger partial charge in [0.1, 0.15) is 0 Å². The maximum Gasteiger partial charge on any atom is 0.416 e. The van der Waals surface area contributed by atoms with Crippen LogP contribution < -0.4 is 20.1 Å². The van der Waals surface area contributed by atoms with Crippen LogP contribution in [0.2, 0.25) is 0 Å². The summed E-state index contributed by atoms with van der Waals surface area (Å²) in [7, 11) is 0. The summed E-state index contributed by atoms with van der Waals surface area (Å²) in [5.74, 6) is -0.0527. The van der Waals surface area contributed by atoms with Crippen molar-refractivity contribution in [3.63, 3.8) is 0 Å². The van der Waals surface area contributed by atoms with Crippen molar-refractivity contribution in [1.29, 1.82) is 0 Å². The molecule has 0 fully saturated rings. The Morgan fingerprint density at radius 3 is 2.26 bits per heavy atom. The first-order chi connectivity index (χ1) is 14.8. The van der Waals surface area contributed by atoms with Gasteiger partial charge in [-0.1, -0.05) is 12.1 Å². The molecule has 31 heavy (non-hydrogen) atoms. The Balaban J connectivity index is 1.50. The first-order valence-electron chi connectivity index (χ1n) is 9.10. The van der Waals surface area contributed by atoms with E-state index in [-0.39, 0.29) is 23.6 Å². The molecule has 0 spiro atoms. The van der Waals surface area contributed by atoms with Gasteiger partial charge < -0.3 is 20.1 Å². The topological polar surface area (TPSA) is 76.7 Å². The standard InChI is InChI=1S/C22H15F3N2O4/c23-22(24,25)14-7-5-13(6-8-14)20(28)27-17-4-2-1-3-16(17)21(29)26-15-9-10-18-19(11-15)31-12-30-18/h1-11H,12H2,(H,26,29)(H,27,28). The Morgan fingerprint density at radius 2 is 1.52 bits per heavy atom. The Labute approximate surface area is 174 Å². The van der Waals surface area contributed by atoms with Crippen molar-refractivity contribution in [2.45, 2.75) is 6.18 Å². The lowest BCUT2D eigenvalue weighted by molar-refractivity contribution is -0.137. The molecule has 2 amide bonds. The SMILES string of the molecule is O=C(Nc1ccccc1C(=O)Nc1ccc2c(c1)OCO2)c1ccc(C(F)(F)F)cc1. The van der Waals surface area contributed by atoms with Crippen LogP contribution in [0.1, 0.15) is 26.3 Å². The van der Waals surface area contributed by atoms with E-state index in [1.807, 2.05) is 0 Å². The minimum absolute atomic E-state index is 0.0268. The third kappa shape index (κ3) is 4.45. The molecule has 158 valence electrons. The van der Waals surface area contributed by atoms with Crippen LogP contribution in [-0.2, 0) is 6.18 Å². The highest BCUT2D eigenvalue weighted by Crippen LogP contribution is 2.34. The normalized spacial score (nSPS) is 12.4. The number of nitrogens with one attached hydrogen (secondary N) is 2. The molecule has 0 unspecified atom stereocenters. The van der Waals surface area contributed by atoms with Gasteiger partial charge in [-0.05, 0) is 48.5 Å². The van der Waals surface area contributed by atoms with E-state index in [0.717, 1.165) is 24.3 Å². The second kappa shape index (κ2) is 8.02. The van der Waals surface area contributed by atoms with Crippen molar-refractivity contribution in [3.05, 3.63) is 83.4 Å². The molecule has 0 atom stereocenters. The molecular weight excluding hydrogens is 413 g/mol. The van der Waals surface area contributed by atoms with Crippen molar-refractivity contribution >= 4 is 23.2 Å². The van der Waals surface area contributed by atoms with Crippen LogP contribution in [0.5, 0.6) is 11.5 Å². The largest absolute Gasteiger partial charge is 0.454 e. The average molecular weight is 428 g/mol. The lowest BCUT2D eigenvalue weighted by Crippen LogP contribution is -2.18. The van der Waals surface area contributed by atoms with Crippen LogP contribution in [0.15, 0.2) is 66.7 Å². The van der Waals surface area contributed by atoms with Gasteiger partial charge in [0.05, 0.1) is 16.8 Å². The molecular formula is C22H15F3N2O4. The summed E-state index contributed by atoms with van der Waals surface area (Å²) in [6.07, 6.45) is -4.49. The van der Waals surface area contributed by atoms with E-state index in [2.05, 4.69) is 10.6 Å². The van der Waals surface area contributed by atoms with Crippen molar-refractivity contribution in [3.8, 4) is 11.5 Å². The third-order valence-electron chi connectivity index (χ3n) is 4.52. The lowest BCUT2D eigenvalue weighted by atomic mass is 10.1. The monoisotopic (exact) mass is 428 g/mol. The lowest BCUT2D eigenvalue weighted by Gasteiger charge is -2.12. The number of carbonyl (C=O) groups excluding carboxylic acids is 2. The van der Waals surface area contributed by atoms with Crippen LogP contribution in [0, 0.1) is 0 Å². The van der Waals surface area contributed by atoms with Gasteiger partial charge >= 0.3 is 6.18 Å². The molecule has 3 aromatic carbocycles. The van der Waals surface area contributed by atoms with Crippen molar-refractivity contribution < 1.29 is 32.2 Å². The first-order valence-corrected chi connectivity index (χ1v) is 9.10. The van der Waals surface area contributed by atoms with Crippen LogP contribution >= 0.6 is 0 Å². The number of hydrogen-bond donors (Lipinski definition) is 2. The number of carbonyl (C=O) groups is 2. The zero-order valence-corrected chi connectivity index (χ0v) is 15.8. The van der Waals surface area contributed by atoms with Crippen LogP contribution in [0.25, 0.3) is 0 Å². The van der Waals surface area contributed by atoms with Gasteiger partial charge in [0.25, 0.3) is 11.8 Å². The van der Waals surface area contributed by atoms with Gasteiger partial charge in [-0.3, -0.25) is 9.59 Å². The van der Waals surface area contributed by atoms with Gasteiger partial charge in [0.15, 0.2) is 11.5 Å². The zero-order chi connectivity index (χ0) is 22.0. The highest BCUT2D eigenvalue weighted by molar-refractivity contribution is 6.12. The molecule has 9 heteroatoms. The average Bonchev–Trinajstić information content (AvgIpc) is 3.21. The van der Waals surface area contributed by atoms with Crippen molar-refractivity contribution in [1.82, 2.24) is 0 Å². The fourth-order valence-corrected chi connectivity index (χ4v) is 2.97. The second-order valence-electron chi connectivity index (χ2n) is 6.60. The van der Waals surface area contributed by atoms with E-state index in [4.69, 9.17) is 9.47 Å². The number of fused-ring (bicyclic) bond motifs is 1. The fourth-order valence-electron chi connectivity index (χ4n) is 2.97. The van der Waals surface area contributed by atoms with E-state index in [1.165, 1.54) is 12.1 Å². The molecule has 6 nitrogen and oxygen atoms in total. The summed E-state index contributed by atoms with van der Waals surface area (Å²) in [4.78, 5) is 25.2. The van der Waals surface area contributed by atoms with Gasteiger partial charge in [-0.15, -0.1) is 0 Å². The molecule has 3 aromatic rings. The summed E-state index contributed by atoms with van der Waals surface area (Å²) in [6.45, 7) is 0.103. The minimum Gasteiger partial charge on any atom is -0.454 e. The number of anilines is 2. The van der Waals surface area contributed by atoms with Gasteiger partial charge in [-0.25, -0.2) is 0 Å². The van der Waals surface area contributed by atoms with Gasteiger partial charge in [0, 0.05) is 17.3 Å². The Kier molecular flexibility index (Phi) is 5.24. The Morgan fingerprint density at radius 1 is 0.806 bits per heavy atom. The number of rotatable bonds is 4. The predicted molar refractivity (Wildman–Crippen MR) is 106 cm³/mol.